The van der Waals surface area contributed by atoms with Crippen molar-refractivity contribution in [2.45, 2.75) is 13.1 Å². The smallest absolute Gasteiger partial charge is 0.314 e. The summed E-state index contributed by atoms with van der Waals surface area (Å²) < 4.78 is 0. The minimum atomic E-state index is -0.591. The lowest BCUT2D eigenvalue weighted by Crippen LogP contribution is -2.15. The van der Waals surface area contributed by atoms with Gasteiger partial charge in [-0.3, -0.25) is 4.79 Å². The molecular weight excluding hydrogens is 216 g/mol. The van der Waals surface area contributed by atoms with Gasteiger partial charge in [0.1, 0.15) is 0 Å². The highest BCUT2D eigenvalue weighted by molar-refractivity contribution is 6.62. The minimum Gasteiger partial charge on any atom is -0.339 e. The van der Waals surface area contributed by atoms with E-state index in [1.54, 1.807) is 0 Å². The molecular formula is C10H9ClN2O2. The van der Waals surface area contributed by atoms with Crippen molar-refractivity contribution in [2.75, 3.05) is 0 Å². The molecule has 0 aliphatic rings. The molecule has 0 aliphatic heterocycles. The first kappa shape index (κ1) is 11.4. The number of rotatable bonds is 4. The zero-order chi connectivity index (χ0) is 11.1. The van der Waals surface area contributed by atoms with Crippen molar-refractivity contribution in [1.82, 2.24) is 5.32 Å². The Labute approximate surface area is 92.0 Å². The first-order valence-electron chi connectivity index (χ1n) is 4.27. The van der Waals surface area contributed by atoms with Gasteiger partial charge in [-0.25, -0.2) is 9.79 Å². The summed E-state index contributed by atoms with van der Waals surface area (Å²) in [6, 6.07) is 7.35. The molecule has 1 rings (SSSR count). The van der Waals surface area contributed by atoms with Crippen LogP contribution in [0.2, 0.25) is 0 Å². The van der Waals surface area contributed by atoms with Gasteiger partial charge < -0.3 is 5.32 Å². The summed E-state index contributed by atoms with van der Waals surface area (Å²) in [4.78, 5) is 23.8. The van der Waals surface area contributed by atoms with Gasteiger partial charge in [0.25, 0.3) is 0 Å². The second kappa shape index (κ2) is 5.96. The quantitative estimate of drug-likeness (QED) is 0.368. The van der Waals surface area contributed by atoms with Gasteiger partial charge in [0.2, 0.25) is 6.08 Å². The molecule has 0 fully saturated rings. The van der Waals surface area contributed by atoms with Crippen molar-refractivity contribution in [1.29, 1.82) is 0 Å². The van der Waals surface area contributed by atoms with Crippen molar-refractivity contribution in [3.63, 3.8) is 0 Å². The third-order valence-corrected chi connectivity index (χ3v) is 1.88. The average molecular weight is 225 g/mol. The van der Waals surface area contributed by atoms with Crippen LogP contribution >= 0.6 is 11.6 Å². The van der Waals surface area contributed by atoms with Gasteiger partial charge >= 0.3 is 5.37 Å². The molecule has 0 saturated carbocycles. The van der Waals surface area contributed by atoms with Crippen LogP contribution in [-0.4, -0.2) is 11.4 Å². The number of hydrogen-bond acceptors (Lipinski definition) is 3. The molecule has 0 radical (unpaired) electrons. The Kier molecular flexibility index (Phi) is 4.54. The van der Waals surface area contributed by atoms with Crippen LogP contribution in [0.25, 0.3) is 0 Å². The summed E-state index contributed by atoms with van der Waals surface area (Å²) >= 11 is 5.13. The van der Waals surface area contributed by atoms with Crippen molar-refractivity contribution in [3.8, 4) is 0 Å². The summed E-state index contributed by atoms with van der Waals surface area (Å²) in [5.74, 6) is 0. The number of carbonyl (C=O) groups is 1. The Hall–Kier alpha value is -1.64. The number of nitrogens with one attached hydrogen (secondary N) is 1. The number of isocyanates is 1. The number of amides is 1. The maximum atomic E-state index is 10.5. The lowest BCUT2D eigenvalue weighted by molar-refractivity contribution is 0.259. The number of nitrogens with zero attached hydrogens (tertiary/aromatic N) is 1. The third-order valence-electron chi connectivity index (χ3n) is 1.75. The average Bonchev–Trinajstić information content (AvgIpc) is 2.24. The fraction of sp³-hybridized carbons (Fsp3) is 0.200. The highest BCUT2D eigenvalue weighted by Gasteiger charge is 1.97. The van der Waals surface area contributed by atoms with Crippen LogP contribution in [0.1, 0.15) is 11.1 Å². The van der Waals surface area contributed by atoms with Gasteiger partial charge in [-0.05, 0) is 22.7 Å². The van der Waals surface area contributed by atoms with Crippen molar-refractivity contribution in [3.05, 3.63) is 35.4 Å². The molecule has 1 aromatic carbocycles. The van der Waals surface area contributed by atoms with Gasteiger partial charge in [-0.1, -0.05) is 24.3 Å². The predicted octanol–water partition coefficient (Wildman–Crippen LogP) is 1.97. The molecule has 0 unspecified atom stereocenters. The largest absolute Gasteiger partial charge is 0.339 e. The first-order chi connectivity index (χ1) is 7.22. The molecule has 5 heteroatoms. The van der Waals surface area contributed by atoms with Crippen LogP contribution in [0.5, 0.6) is 0 Å². The molecule has 4 nitrogen and oxygen atoms in total. The molecule has 0 aliphatic carbocycles. The Morgan fingerprint density at radius 1 is 1.47 bits per heavy atom. The molecule has 1 aromatic rings. The highest BCUT2D eigenvalue weighted by atomic mass is 35.5. The zero-order valence-electron chi connectivity index (χ0n) is 7.87. The van der Waals surface area contributed by atoms with E-state index in [4.69, 9.17) is 11.6 Å². The van der Waals surface area contributed by atoms with Crippen LogP contribution in [0.3, 0.4) is 0 Å². The molecule has 0 atom stereocenters. The Morgan fingerprint density at radius 2 is 2.20 bits per heavy atom. The zero-order valence-corrected chi connectivity index (χ0v) is 8.62. The van der Waals surface area contributed by atoms with Gasteiger partial charge in [-0.2, -0.15) is 0 Å². The second-order valence-electron chi connectivity index (χ2n) is 2.85. The van der Waals surface area contributed by atoms with Gasteiger partial charge in [0.15, 0.2) is 0 Å². The van der Waals surface area contributed by atoms with Gasteiger partial charge in [0, 0.05) is 6.54 Å². The van der Waals surface area contributed by atoms with Crippen molar-refractivity contribution in [2.24, 2.45) is 4.99 Å². The minimum absolute atomic E-state index is 0.298. The first-order valence-corrected chi connectivity index (χ1v) is 4.65. The monoisotopic (exact) mass is 224 g/mol. The molecule has 0 saturated heterocycles. The summed E-state index contributed by atoms with van der Waals surface area (Å²) in [6.45, 7) is 0.660. The molecule has 1 amide bonds. The van der Waals surface area contributed by atoms with Crippen LogP contribution in [0.4, 0.5) is 4.79 Å². The SMILES string of the molecule is O=C=NCc1cccc(CNC(=O)Cl)c1. The maximum Gasteiger partial charge on any atom is 0.314 e. The molecule has 15 heavy (non-hydrogen) atoms. The summed E-state index contributed by atoms with van der Waals surface area (Å²) in [6.07, 6.45) is 1.47. The molecule has 0 aromatic heterocycles. The van der Waals surface area contributed by atoms with Gasteiger partial charge in [-0.15, -0.1) is 0 Å². The standard InChI is InChI=1S/C10H9ClN2O2/c11-10(15)13-6-9-3-1-2-8(4-9)5-12-7-14/h1-4H,5-6H2,(H,13,15). The van der Waals surface area contributed by atoms with Crippen LogP contribution in [0.15, 0.2) is 29.3 Å². The summed E-state index contributed by atoms with van der Waals surface area (Å²) in [5.41, 5.74) is 1.79. The third kappa shape index (κ3) is 4.40. The van der Waals surface area contributed by atoms with Gasteiger partial charge in [0.05, 0.1) is 6.54 Å². The van der Waals surface area contributed by atoms with Crippen molar-refractivity contribution >= 4 is 23.0 Å². The molecule has 0 heterocycles. The van der Waals surface area contributed by atoms with E-state index in [1.807, 2.05) is 24.3 Å². The topological polar surface area (TPSA) is 58.5 Å². The highest BCUT2D eigenvalue weighted by Crippen LogP contribution is 2.06. The van der Waals surface area contributed by atoms with E-state index in [2.05, 4.69) is 10.3 Å². The van der Waals surface area contributed by atoms with E-state index >= 15 is 0 Å². The molecule has 0 bridgehead atoms. The normalized spacial score (nSPS) is 9.13. The number of aliphatic imine (C=N–C) groups is 1. The van der Waals surface area contributed by atoms with E-state index < -0.39 is 5.37 Å². The Bertz CT molecular complexity index is 400. The Morgan fingerprint density at radius 3 is 2.87 bits per heavy atom. The van der Waals surface area contributed by atoms with E-state index in [-0.39, 0.29) is 0 Å². The number of carbonyl (C=O) groups excluding carboxylic acids is 2. The Balaban J connectivity index is 2.65. The summed E-state index contributed by atoms with van der Waals surface area (Å²) in [5, 5.41) is 1.87. The van der Waals surface area contributed by atoms with Crippen LogP contribution in [0, 0.1) is 0 Å². The maximum absolute atomic E-state index is 10.5. The predicted molar refractivity (Wildman–Crippen MR) is 56.4 cm³/mol. The van der Waals surface area contributed by atoms with Crippen molar-refractivity contribution < 1.29 is 9.59 Å². The van der Waals surface area contributed by atoms with Crippen LogP contribution < -0.4 is 5.32 Å². The molecule has 1 N–H and O–H groups in total. The lowest BCUT2D eigenvalue weighted by Gasteiger charge is -2.02. The van der Waals surface area contributed by atoms with Crippen LogP contribution in [-0.2, 0) is 17.9 Å². The lowest BCUT2D eigenvalue weighted by atomic mass is 10.1. The number of benzene rings is 1. The second-order valence-corrected chi connectivity index (χ2v) is 3.20. The van der Waals surface area contributed by atoms with E-state index in [0.717, 1.165) is 11.1 Å². The number of halogens is 1. The fourth-order valence-corrected chi connectivity index (χ4v) is 1.20. The fourth-order valence-electron chi connectivity index (χ4n) is 1.13. The number of hydrogen-bond donors (Lipinski definition) is 1. The molecule has 78 valence electrons. The van der Waals surface area contributed by atoms with E-state index in [0.29, 0.717) is 13.1 Å². The van der Waals surface area contributed by atoms with E-state index in [1.165, 1.54) is 6.08 Å². The van der Waals surface area contributed by atoms with E-state index in [9.17, 15) is 9.59 Å². The summed E-state index contributed by atoms with van der Waals surface area (Å²) in [7, 11) is 0. The molecule has 0 spiro atoms.